The molecule has 94 valence electrons. The second-order valence-electron chi connectivity index (χ2n) is 4.10. The molecule has 0 spiro atoms. The Balaban J connectivity index is 2.20. The molecule has 0 aliphatic carbocycles. The summed E-state index contributed by atoms with van der Waals surface area (Å²) in [7, 11) is 0. The molecule has 0 saturated carbocycles. The van der Waals surface area contributed by atoms with Crippen molar-refractivity contribution >= 4 is 5.95 Å². The minimum absolute atomic E-state index is 0.684. The second kappa shape index (κ2) is 5.44. The Morgan fingerprint density at radius 1 is 1.39 bits per heavy atom. The molecule has 0 amide bonds. The molecule has 0 aliphatic heterocycles. The molecule has 2 rings (SSSR count). The molecular formula is C13H17N5. The monoisotopic (exact) mass is 243 g/mol. The van der Waals surface area contributed by atoms with Crippen LogP contribution in [0.5, 0.6) is 0 Å². The fourth-order valence-corrected chi connectivity index (χ4v) is 1.74. The van der Waals surface area contributed by atoms with Gasteiger partial charge in [-0.25, -0.2) is 15.0 Å². The molecule has 0 aromatic carbocycles. The minimum atomic E-state index is 0.684. The summed E-state index contributed by atoms with van der Waals surface area (Å²) in [4.78, 5) is 12.9. The molecule has 18 heavy (non-hydrogen) atoms. The van der Waals surface area contributed by atoms with E-state index in [1.165, 1.54) is 0 Å². The van der Waals surface area contributed by atoms with Gasteiger partial charge in [-0.2, -0.15) is 0 Å². The maximum absolute atomic E-state index is 4.43. The quantitative estimate of drug-likeness (QED) is 0.815. The Morgan fingerprint density at radius 2 is 2.22 bits per heavy atom. The van der Waals surface area contributed by atoms with Crippen molar-refractivity contribution in [2.75, 3.05) is 11.9 Å². The molecule has 1 N–H and O–H groups in total. The van der Waals surface area contributed by atoms with Gasteiger partial charge in [0.05, 0.1) is 17.9 Å². The van der Waals surface area contributed by atoms with E-state index in [2.05, 4.69) is 26.8 Å². The molecule has 5 heteroatoms. The number of aryl methyl sites for hydroxylation is 2. The lowest BCUT2D eigenvalue weighted by Gasteiger charge is -2.08. The fourth-order valence-electron chi connectivity index (χ4n) is 1.74. The van der Waals surface area contributed by atoms with Gasteiger partial charge >= 0.3 is 0 Å². The van der Waals surface area contributed by atoms with Gasteiger partial charge in [0.25, 0.3) is 0 Å². The van der Waals surface area contributed by atoms with Crippen LogP contribution in [-0.2, 0) is 6.54 Å². The molecule has 2 aromatic heterocycles. The highest BCUT2D eigenvalue weighted by Crippen LogP contribution is 2.10. The summed E-state index contributed by atoms with van der Waals surface area (Å²) < 4.78 is 2.04. The van der Waals surface area contributed by atoms with Crippen LogP contribution in [-0.4, -0.2) is 26.1 Å². The molecule has 0 bridgehead atoms. The lowest BCUT2D eigenvalue weighted by Crippen LogP contribution is -2.09. The predicted octanol–water partition coefficient (Wildman–Crippen LogP) is 1.94. The maximum atomic E-state index is 4.43. The van der Waals surface area contributed by atoms with E-state index in [0.717, 1.165) is 23.2 Å². The van der Waals surface area contributed by atoms with Crippen LogP contribution in [0, 0.1) is 13.8 Å². The van der Waals surface area contributed by atoms with Crippen LogP contribution in [0.3, 0.4) is 0 Å². The van der Waals surface area contributed by atoms with Gasteiger partial charge in [0.2, 0.25) is 5.95 Å². The van der Waals surface area contributed by atoms with Gasteiger partial charge in [0, 0.05) is 18.9 Å². The molecule has 0 saturated heterocycles. The standard InChI is InChI=1S/C13H17N5/c1-4-6-15-13-16-10(2)8-18(13)9-12-5-7-14-11(3)17-12/h4-5,7-8H,1,6,9H2,2-3H3,(H,15,16). The summed E-state index contributed by atoms with van der Waals surface area (Å²) in [6.07, 6.45) is 5.59. The first-order chi connectivity index (χ1) is 8.69. The molecule has 2 heterocycles. The number of anilines is 1. The van der Waals surface area contributed by atoms with E-state index < -0.39 is 0 Å². The van der Waals surface area contributed by atoms with Crippen molar-refractivity contribution in [2.45, 2.75) is 20.4 Å². The Labute approximate surface area is 107 Å². The largest absolute Gasteiger partial charge is 0.352 e. The molecular weight excluding hydrogens is 226 g/mol. The van der Waals surface area contributed by atoms with Gasteiger partial charge in [-0.3, -0.25) is 0 Å². The molecule has 0 aliphatic rings. The van der Waals surface area contributed by atoms with E-state index in [9.17, 15) is 0 Å². The molecule has 0 fully saturated rings. The second-order valence-corrected chi connectivity index (χ2v) is 4.10. The van der Waals surface area contributed by atoms with E-state index in [1.54, 1.807) is 6.20 Å². The van der Waals surface area contributed by atoms with Crippen LogP contribution in [0.1, 0.15) is 17.2 Å². The third kappa shape index (κ3) is 2.94. The van der Waals surface area contributed by atoms with E-state index >= 15 is 0 Å². The van der Waals surface area contributed by atoms with Crippen LogP contribution in [0.15, 0.2) is 31.1 Å². The molecule has 2 aromatic rings. The molecule has 0 radical (unpaired) electrons. The maximum Gasteiger partial charge on any atom is 0.203 e. The number of nitrogens with one attached hydrogen (secondary N) is 1. The zero-order chi connectivity index (χ0) is 13.0. The Morgan fingerprint density at radius 3 is 2.94 bits per heavy atom. The topological polar surface area (TPSA) is 55.6 Å². The van der Waals surface area contributed by atoms with Crippen molar-refractivity contribution in [3.05, 3.63) is 48.3 Å². The van der Waals surface area contributed by atoms with Crippen LogP contribution in [0.2, 0.25) is 0 Å². The minimum Gasteiger partial charge on any atom is -0.352 e. The van der Waals surface area contributed by atoms with Crippen molar-refractivity contribution in [2.24, 2.45) is 0 Å². The average molecular weight is 243 g/mol. The first-order valence-corrected chi connectivity index (χ1v) is 5.86. The summed E-state index contributed by atoms with van der Waals surface area (Å²) in [5.41, 5.74) is 1.95. The van der Waals surface area contributed by atoms with Gasteiger partial charge in [-0.05, 0) is 19.9 Å². The van der Waals surface area contributed by atoms with Gasteiger partial charge in [0.15, 0.2) is 0 Å². The highest BCUT2D eigenvalue weighted by atomic mass is 15.2. The molecule has 0 atom stereocenters. The number of hydrogen-bond acceptors (Lipinski definition) is 4. The molecule has 5 nitrogen and oxygen atoms in total. The Kier molecular flexibility index (Phi) is 3.72. The number of imidazole rings is 1. The SMILES string of the molecule is C=CCNc1nc(C)cn1Cc1ccnc(C)n1. The van der Waals surface area contributed by atoms with E-state index in [-0.39, 0.29) is 0 Å². The summed E-state index contributed by atoms with van der Waals surface area (Å²) in [6.45, 7) is 8.93. The summed E-state index contributed by atoms with van der Waals surface area (Å²) in [5.74, 6) is 1.62. The predicted molar refractivity (Wildman–Crippen MR) is 71.5 cm³/mol. The van der Waals surface area contributed by atoms with Crippen molar-refractivity contribution in [1.82, 2.24) is 19.5 Å². The van der Waals surface area contributed by atoms with E-state index in [0.29, 0.717) is 13.1 Å². The third-order valence-corrected chi connectivity index (χ3v) is 2.47. The van der Waals surface area contributed by atoms with Crippen LogP contribution >= 0.6 is 0 Å². The van der Waals surface area contributed by atoms with Gasteiger partial charge in [0.1, 0.15) is 5.82 Å². The number of nitrogens with zero attached hydrogens (tertiary/aromatic N) is 4. The van der Waals surface area contributed by atoms with Crippen molar-refractivity contribution in [3.8, 4) is 0 Å². The number of hydrogen-bond donors (Lipinski definition) is 1. The van der Waals surface area contributed by atoms with Crippen LogP contribution < -0.4 is 5.32 Å². The van der Waals surface area contributed by atoms with Gasteiger partial charge in [-0.1, -0.05) is 6.08 Å². The zero-order valence-electron chi connectivity index (χ0n) is 10.7. The average Bonchev–Trinajstić information content (AvgIpc) is 2.67. The van der Waals surface area contributed by atoms with Crippen molar-refractivity contribution in [1.29, 1.82) is 0 Å². The zero-order valence-corrected chi connectivity index (χ0v) is 10.7. The smallest absolute Gasteiger partial charge is 0.203 e. The third-order valence-electron chi connectivity index (χ3n) is 2.47. The summed E-state index contributed by atoms with van der Waals surface area (Å²) in [5, 5.41) is 3.21. The Hall–Kier alpha value is -2.17. The van der Waals surface area contributed by atoms with Crippen molar-refractivity contribution in [3.63, 3.8) is 0 Å². The lowest BCUT2D eigenvalue weighted by atomic mass is 10.4. The normalized spacial score (nSPS) is 10.3. The van der Waals surface area contributed by atoms with Crippen molar-refractivity contribution < 1.29 is 0 Å². The first kappa shape index (κ1) is 12.3. The van der Waals surface area contributed by atoms with E-state index in [4.69, 9.17) is 0 Å². The summed E-state index contributed by atoms with van der Waals surface area (Å²) in [6, 6.07) is 1.92. The highest BCUT2D eigenvalue weighted by Gasteiger charge is 2.06. The lowest BCUT2D eigenvalue weighted by molar-refractivity contribution is 0.766. The van der Waals surface area contributed by atoms with Gasteiger partial charge in [-0.15, -0.1) is 6.58 Å². The highest BCUT2D eigenvalue weighted by molar-refractivity contribution is 5.30. The number of rotatable bonds is 5. The molecule has 0 unspecified atom stereocenters. The van der Waals surface area contributed by atoms with Gasteiger partial charge < -0.3 is 9.88 Å². The Bertz CT molecular complexity index is 544. The fraction of sp³-hybridized carbons (Fsp3) is 0.308. The summed E-state index contributed by atoms with van der Waals surface area (Å²) >= 11 is 0. The number of aromatic nitrogens is 4. The van der Waals surface area contributed by atoms with Crippen LogP contribution in [0.4, 0.5) is 5.95 Å². The van der Waals surface area contributed by atoms with Crippen LogP contribution in [0.25, 0.3) is 0 Å². The van der Waals surface area contributed by atoms with E-state index in [1.807, 2.05) is 36.8 Å². The first-order valence-electron chi connectivity index (χ1n) is 5.86.